The van der Waals surface area contributed by atoms with Crippen molar-refractivity contribution in [3.8, 4) is 0 Å². The van der Waals surface area contributed by atoms with Crippen molar-refractivity contribution >= 4 is 49.7 Å². The number of nitrogens with zero attached hydrogens (tertiary/aromatic N) is 3. The quantitative estimate of drug-likeness (QED) is 0.658. The van der Waals surface area contributed by atoms with Gasteiger partial charge in [-0.05, 0) is 57.6 Å². The maximum absolute atomic E-state index is 12.9. The Bertz CT molecular complexity index is 1210. The van der Waals surface area contributed by atoms with Gasteiger partial charge >= 0.3 is 0 Å². The molecule has 1 aliphatic rings. The normalized spacial score (nSPS) is 14.6. The molecule has 1 atom stereocenters. The molecule has 0 spiro atoms. The molecule has 1 unspecified atom stereocenters. The highest BCUT2D eigenvalue weighted by molar-refractivity contribution is 7.18. The molecule has 0 fully saturated rings. The number of aryl methyl sites for hydroxylation is 3. The lowest BCUT2D eigenvalue weighted by atomic mass is 9.95. The van der Waals surface area contributed by atoms with E-state index in [1.165, 1.54) is 22.7 Å². The Kier molecular flexibility index (Phi) is 4.99. The van der Waals surface area contributed by atoms with Gasteiger partial charge in [-0.25, -0.2) is 0 Å². The highest BCUT2D eigenvalue weighted by atomic mass is 32.1. The van der Waals surface area contributed by atoms with E-state index in [4.69, 9.17) is 5.73 Å². The Morgan fingerprint density at radius 2 is 1.93 bits per heavy atom. The third-order valence-corrected chi connectivity index (χ3v) is 7.72. The Balaban J connectivity index is 1.68. The van der Waals surface area contributed by atoms with Crippen LogP contribution in [0.4, 0.5) is 5.00 Å². The van der Waals surface area contributed by atoms with Crippen molar-refractivity contribution in [1.29, 1.82) is 0 Å². The van der Waals surface area contributed by atoms with Crippen molar-refractivity contribution in [2.24, 2.45) is 5.73 Å². The lowest BCUT2D eigenvalue weighted by Gasteiger charge is -2.13. The Hall–Kier alpha value is -2.59. The van der Waals surface area contributed by atoms with Crippen LogP contribution in [0.25, 0.3) is 10.2 Å². The summed E-state index contributed by atoms with van der Waals surface area (Å²) < 4.78 is 1.09. The van der Waals surface area contributed by atoms with Gasteiger partial charge in [0.1, 0.15) is 11.0 Å². The van der Waals surface area contributed by atoms with Gasteiger partial charge in [-0.1, -0.05) is 5.21 Å². The molecule has 10 heteroatoms. The molecular weight excluding hydrogens is 410 g/mol. The van der Waals surface area contributed by atoms with Gasteiger partial charge in [0.2, 0.25) is 5.91 Å². The van der Waals surface area contributed by atoms with Crippen LogP contribution < -0.4 is 16.6 Å². The van der Waals surface area contributed by atoms with Gasteiger partial charge in [-0.3, -0.25) is 14.4 Å². The van der Waals surface area contributed by atoms with E-state index in [0.29, 0.717) is 20.8 Å². The van der Waals surface area contributed by atoms with E-state index < -0.39 is 17.9 Å². The van der Waals surface area contributed by atoms with Crippen LogP contribution >= 0.6 is 22.7 Å². The number of primary amides is 1. The Morgan fingerprint density at radius 3 is 2.66 bits per heavy atom. The van der Waals surface area contributed by atoms with E-state index in [9.17, 15) is 14.4 Å². The zero-order valence-corrected chi connectivity index (χ0v) is 18.0. The average molecular weight is 432 g/mol. The number of nitrogens with one attached hydrogen (secondary N) is 1. The minimum Gasteiger partial charge on any atom is -0.365 e. The van der Waals surface area contributed by atoms with Crippen molar-refractivity contribution in [2.45, 2.75) is 52.5 Å². The van der Waals surface area contributed by atoms with Gasteiger partial charge < -0.3 is 11.1 Å². The molecule has 4 rings (SSSR count). The summed E-state index contributed by atoms with van der Waals surface area (Å²) in [6, 6.07) is -0.890. The van der Waals surface area contributed by atoms with Gasteiger partial charge in [0, 0.05) is 9.75 Å². The molecule has 0 aliphatic heterocycles. The molecule has 152 valence electrons. The SMILES string of the molecule is Cc1sc2nnn(C(C)C(=O)Nc3sc4c(c3C(N)=O)CCCC4)c(=O)c2c1C. The number of hydrogen-bond acceptors (Lipinski definition) is 7. The van der Waals surface area contributed by atoms with Gasteiger partial charge in [0.05, 0.1) is 10.9 Å². The molecule has 2 amide bonds. The monoisotopic (exact) mass is 431 g/mol. The summed E-state index contributed by atoms with van der Waals surface area (Å²) in [5, 5.41) is 11.8. The minimum absolute atomic E-state index is 0.347. The zero-order valence-electron chi connectivity index (χ0n) is 16.4. The molecule has 1 aliphatic carbocycles. The van der Waals surface area contributed by atoms with Crippen LogP contribution in [0.1, 0.15) is 57.0 Å². The number of thiophene rings is 2. The van der Waals surface area contributed by atoms with Gasteiger partial charge in [0.15, 0.2) is 4.83 Å². The molecule has 0 saturated heterocycles. The second-order valence-electron chi connectivity index (χ2n) is 7.25. The first-order valence-electron chi connectivity index (χ1n) is 9.40. The number of amides is 2. The number of carbonyl (C=O) groups excluding carboxylic acids is 2. The first-order valence-corrected chi connectivity index (χ1v) is 11.0. The molecule has 0 saturated carbocycles. The molecular formula is C19H21N5O3S2. The van der Waals surface area contributed by atoms with Crippen LogP contribution in [0.2, 0.25) is 0 Å². The smallest absolute Gasteiger partial charge is 0.279 e. The molecule has 0 radical (unpaired) electrons. The molecule has 0 bridgehead atoms. The summed E-state index contributed by atoms with van der Waals surface area (Å²) in [7, 11) is 0. The summed E-state index contributed by atoms with van der Waals surface area (Å²) in [6.45, 7) is 5.37. The van der Waals surface area contributed by atoms with Crippen LogP contribution in [0.15, 0.2) is 4.79 Å². The van der Waals surface area contributed by atoms with E-state index in [-0.39, 0.29) is 5.56 Å². The van der Waals surface area contributed by atoms with Gasteiger partial charge in [0.25, 0.3) is 11.5 Å². The number of nitrogens with two attached hydrogens (primary N) is 1. The van der Waals surface area contributed by atoms with Crippen LogP contribution in [0.5, 0.6) is 0 Å². The summed E-state index contributed by atoms with van der Waals surface area (Å²) in [6.07, 6.45) is 3.72. The van der Waals surface area contributed by atoms with Crippen molar-refractivity contribution in [3.63, 3.8) is 0 Å². The molecule has 3 heterocycles. The second kappa shape index (κ2) is 7.34. The zero-order chi connectivity index (χ0) is 20.9. The van der Waals surface area contributed by atoms with Crippen LogP contribution in [0, 0.1) is 13.8 Å². The lowest BCUT2D eigenvalue weighted by Crippen LogP contribution is -2.34. The van der Waals surface area contributed by atoms with Crippen LogP contribution in [-0.4, -0.2) is 26.8 Å². The third-order valence-electron chi connectivity index (χ3n) is 5.42. The Labute approximate surface area is 174 Å². The summed E-state index contributed by atoms with van der Waals surface area (Å²) in [5.41, 5.74) is 7.44. The standard InChI is InChI=1S/C19H21N5O3S2/c1-8-10(3)28-18-13(8)19(27)24(23-22-18)9(2)16(26)21-17-14(15(20)25)11-6-4-5-7-12(11)29-17/h9H,4-7H2,1-3H3,(H2,20,25)(H,21,26). The molecule has 3 aromatic rings. The summed E-state index contributed by atoms with van der Waals surface area (Å²) >= 11 is 2.80. The predicted molar refractivity (Wildman–Crippen MR) is 114 cm³/mol. The first-order chi connectivity index (χ1) is 13.8. The van der Waals surface area contributed by atoms with Crippen LogP contribution in [-0.2, 0) is 17.6 Å². The number of hydrogen-bond donors (Lipinski definition) is 2. The fourth-order valence-electron chi connectivity index (χ4n) is 3.67. The fourth-order valence-corrected chi connectivity index (χ4v) is 5.93. The van der Waals surface area contributed by atoms with Crippen molar-refractivity contribution in [2.75, 3.05) is 5.32 Å². The number of fused-ring (bicyclic) bond motifs is 2. The highest BCUT2D eigenvalue weighted by Gasteiger charge is 2.27. The number of aromatic nitrogens is 3. The molecule has 29 heavy (non-hydrogen) atoms. The first kappa shape index (κ1) is 19.7. The number of rotatable bonds is 4. The minimum atomic E-state index is -0.890. The summed E-state index contributed by atoms with van der Waals surface area (Å²) in [5.74, 6) is -0.985. The van der Waals surface area contributed by atoms with Gasteiger partial charge in [-0.15, -0.1) is 27.8 Å². The van der Waals surface area contributed by atoms with Crippen LogP contribution in [0.3, 0.4) is 0 Å². The van der Waals surface area contributed by atoms with E-state index in [2.05, 4.69) is 15.6 Å². The highest BCUT2D eigenvalue weighted by Crippen LogP contribution is 2.38. The summed E-state index contributed by atoms with van der Waals surface area (Å²) in [4.78, 5) is 40.5. The predicted octanol–water partition coefficient (Wildman–Crippen LogP) is 2.71. The molecule has 3 N–H and O–H groups in total. The topological polar surface area (TPSA) is 120 Å². The number of carbonyl (C=O) groups is 2. The van der Waals surface area contributed by atoms with Crippen molar-refractivity contribution in [3.05, 3.63) is 36.8 Å². The number of anilines is 1. The fraction of sp³-hybridized carbons (Fsp3) is 0.421. The molecule has 3 aromatic heterocycles. The lowest BCUT2D eigenvalue weighted by molar-refractivity contribution is -0.119. The van der Waals surface area contributed by atoms with E-state index in [1.807, 2.05) is 13.8 Å². The van der Waals surface area contributed by atoms with Crippen molar-refractivity contribution < 1.29 is 9.59 Å². The van der Waals surface area contributed by atoms with E-state index >= 15 is 0 Å². The largest absolute Gasteiger partial charge is 0.365 e. The van der Waals surface area contributed by atoms with E-state index in [0.717, 1.165) is 51.2 Å². The van der Waals surface area contributed by atoms with Gasteiger partial charge in [-0.2, -0.15) is 4.68 Å². The molecule has 0 aromatic carbocycles. The maximum Gasteiger partial charge on any atom is 0.279 e. The maximum atomic E-state index is 12.9. The van der Waals surface area contributed by atoms with Crippen molar-refractivity contribution in [1.82, 2.24) is 15.0 Å². The molecule has 8 nitrogen and oxygen atoms in total. The van der Waals surface area contributed by atoms with E-state index in [1.54, 1.807) is 6.92 Å². The Morgan fingerprint density at radius 1 is 1.21 bits per heavy atom. The average Bonchev–Trinajstić information content (AvgIpc) is 3.18. The third kappa shape index (κ3) is 3.25. The second-order valence-corrected chi connectivity index (χ2v) is 9.56.